The molecule has 0 bridgehead atoms. The summed E-state index contributed by atoms with van der Waals surface area (Å²) in [5.74, 6) is -1.12. The van der Waals surface area contributed by atoms with Crippen LogP contribution in [0.4, 0.5) is 0 Å². The fourth-order valence-corrected chi connectivity index (χ4v) is 2.71. The monoisotopic (exact) mass is 330 g/mol. The standard InChI is InChI=1S/C17H34N2O4/c1-9-19-17(7,8)22-13(20)10-12(18)14(21)23-16(5,6)11-15(2,3)4/h12,19H,9-11,18H2,1-8H3. The molecule has 0 aliphatic carbocycles. The predicted octanol–water partition coefficient (Wildman–Crippen LogP) is 2.35. The Balaban J connectivity index is 4.53. The molecule has 1 atom stereocenters. The summed E-state index contributed by atoms with van der Waals surface area (Å²) in [5, 5.41) is 3.02. The molecule has 0 radical (unpaired) electrons. The fourth-order valence-electron chi connectivity index (χ4n) is 2.71. The van der Waals surface area contributed by atoms with Gasteiger partial charge in [0.25, 0.3) is 0 Å². The number of hydrogen-bond acceptors (Lipinski definition) is 6. The molecule has 0 saturated carbocycles. The molecule has 0 amide bonds. The number of nitrogens with two attached hydrogens (primary N) is 1. The number of nitrogens with one attached hydrogen (secondary N) is 1. The molecule has 0 fully saturated rings. The first-order chi connectivity index (χ1) is 10.2. The lowest BCUT2D eigenvalue weighted by atomic mass is 9.83. The number of esters is 2. The zero-order valence-corrected chi connectivity index (χ0v) is 15.9. The van der Waals surface area contributed by atoms with E-state index in [1.54, 1.807) is 13.8 Å². The van der Waals surface area contributed by atoms with Crippen LogP contribution in [0.1, 0.15) is 68.2 Å². The van der Waals surface area contributed by atoms with Gasteiger partial charge in [0, 0.05) is 0 Å². The normalized spacial score (nSPS) is 14.3. The second-order valence-electron chi connectivity index (χ2n) is 8.24. The van der Waals surface area contributed by atoms with E-state index in [1.165, 1.54) is 0 Å². The number of ether oxygens (including phenoxy) is 2. The summed E-state index contributed by atoms with van der Waals surface area (Å²) < 4.78 is 10.7. The lowest BCUT2D eigenvalue weighted by Crippen LogP contribution is -2.46. The van der Waals surface area contributed by atoms with Crippen molar-refractivity contribution in [2.75, 3.05) is 6.54 Å². The molecule has 0 aromatic heterocycles. The molecule has 6 nitrogen and oxygen atoms in total. The van der Waals surface area contributed by atoms with E-state index in [1.807, 2.05) is 20.8 Å². The van der Waals surface area contributed by atoms with E-state index in [9.17, 15) is 9.59 Å². The molecule has 0 aromatic rings. The van der Waals surface area contributed by atoms with Crippen LogP contribution in [0, 0.1) is 5.41 Å². The van der Waals surface area contributed by atoms with E-state index < -0.39 is 29.3 Å². The van der Waals surface area contributed by atoms with Crippen LogP contribution in [0.25, 0.3) is 0 Å². The van der Waals surface area contributed by atoms with Crippen molar-refractivity contribution < 1.29 is 19.1 Å². The smallest absolute Gasteiger partial charge is 0.324 e. The van der Waals surface area contributed by atoms with E-state index >= 15 is 0 Å². The first-order valence-corrected chi connectivity index (χ1v) is 8.13. The minimum Gasteiger partial charge on any atom is -0.458 e. The highest BCUT2D eigenvalue weighted by atomic mass is 16.6. The van der Waals surface area contributed by atoms with Crippen molar-refractivity contribution in [3.05, 3.63) is 0 Å². The maximum absolute atomic E-state index is 12.1. The summed E-state index contributed by atoms with van der Waals surface area (Å²) in [6, 6.07) is -1.03. The number of carbonyl (C=O) groups excluding carboxylic acids is 2. The molecule has 23 heavy (non-hydrogen) atoms. The van der Waals surface area contributed by atoms with Gasteiger partial charge in [-0.05, 0) is 46.1 Å². The first-order valence-electron chi connectivity index (χ1n) is 8.13. The van der Waals surface area contributed by atoms with E-state index in [0.29, 0.717) is 13.0 Å². The van der Waals surface area contributed by atoms with Crippen LogP contribution < -0.4 is 11.1 Å². The highest BCUT2D eigenvalue weighted by Gasteiger charge is 2.32. The predicted molar refractivity (Wildman–Crippen MR) is 90.7 cm³/mol. The lowest BCUT2D eigenvalue weighted by molar-refractivity contribution is -0.168. The molecule has 0 heterocycles. The molecular formula is C17H34N2O4. The summed E-state index contributed by atoms with van der Waals surface area (Å²) >= 11 is 0. The third kappa shape index (κ3) is 10.3. The lowest BCUT2D eigenvalue weighted by Gasteiger charge is -2.33. The van der Waals surface area contributed by atoms with Crippen LogP contribution in [0.15, 0.2) is 0 Å². The molecule has 0 aliphatic rings. The Labute approximate surface area is 140 Å². The van der Waals surface area contributed by atoms with Gasteiger partial charge in [0.1, 0.15) is 11.6 Å². The van der Waals surface area contributed by atoms with Crippen molar-refractivity contribution in [3.63, 3.8) is 0 Å². The highest BCUT2D eigenvalue weighted by Crippen LogP contribution is 2.29. The third-order valence-corrected chi connectivity index (χ3v) is 2.99. The molecular weight excluding hydrogens is 296 g/mol. The Bertz CT molecular complexity index is 411. The van der Waals surface area contributed by atoms with E-state index in [2.05, 4.69) is 26.1 Å². The average molecular weight is 330 g/mol. The van der Waals surface area contributed by atoms with Gasteiger partial charge in [0.2, 0.25) is 0 Å². The molecule has 1 unspecified atom stereocenters. The van der Waals surface area contributed by atoms with Gasteiger partial charge in [0.15, 0.2) is 5.72 Å². The van der Waals surface area contributed by atoms with Crippen LogP contribution in [0.3, 0.4) is 0 Å². The third-order valence-electron chi connectivity index (χ3n) is 2.99. The summed E-state index contributed by atoms with van der Waals surface area (Å²) in [5.41, 5.74) is 4.37. The Morgan fingerprint density at radius 1 is 1.04 bits per heavy atom. The topological polar surface area (TPSA) is 90.6 Å². The molecule has 0 saturated heterocycles. The number of carbonyl (C=O) groups is 2. The van der Waals surface area contributed by atoms with Crippen LogP contribution in [0.5, 0.6) is 0 Å². The van der Waals surface area contributed by atoms with E-state index in [4.69, 9.17) is 15.2 Å². The van der Waals surface area contributed by atoms with Crippen molar-refractivity contribution in [2.45, 2.75) is 85.6 Å². The summed E-state index contributed by atoms with van der Waals surface area (Å²) in [7, 11) is 0. The Kier molecular flexibility index (Phi) is 7.70. The largest absolute Gasteiger partial charge is 0.458 e. The van der Waals surface area contributed by atoms with Gasteiger partial charge < -0.3 is 15.2 Å². The molecule has 136 valence electrons. The van der Waals surface area contributed by atoms with Gasteiger partial charge in [-0.2, -0.15) is 0 Å². The second-order valence-corrected chi connectivity index (χ2v) is 8.24. The zero-order chi connectivity index (χ0) is 18.5. The van der Waals surface area contributed by atoms with Gasteiger partial charge in [-0.25, -0.2) is 0 Å². The Hall–Kier alpha value is -1.14. The van der Waals surface area contributed by atoms with E-state index in [-0.39, 0.29) is 11.8 Å². The molecule has 6 heteroatoms. The molecule has 0 aliphatic heterocycles. The van der Waals surface area contributed by atoms with Crippen molar-refractivity contribution in [1.82, 2.24) is 5.32 Å². The van der Waals surface area contributed by atoms with Crippen LogP contribution in [-0.2, 0) is 19.1 Å². The average Bonchev–Trinajstić information content (AvgIpc) is 2.22. The van der Waals surface area contributed by atoms with E-state index in [0.717, 1.165) is 0 Å². The maximum atomic E-state index is 12.1. The summed E-state index contributed by atoms with van der Waals surface area (Å²) in [6.07, 6.45) is 0.482. The van der Waals surface area contributed by atoms with Gasteiger partial charge in [0.05, 0.1) is 6.42 Å². The minimum absolute atomic E-state index is 0.0165. The van der Waals surface area contributed by atoms with Crippen molar-refractivity contribution in [1.29, 1.82) is 0 Å². The second kappa shape index (κ2) is 8.11. The first kappa shape index (κ1) is 21.9. The zero-order valence-electron chi connectivity index (χ0n) is 15.9. The van der Waals surface area contributed by atoms with Crippen molar-refractivity contribution in [3.8, 4) is 0 Å². The quantitative estimate of drug-likeness (QED) is 0.524. The Morgan fingerprint density at radius 2 is 1.57 bits per heavy atom. The highest BCUT2D eigenvalue weighted by molar-refractivity contribution is 5.82. The van der Waals surface area contributed by atoms with Gasteiger partial charge in [-0.15, -0.1) is 0 Å². The summed E-state index contributed by atoms with van der Waals surface area (Å²) in [4.78, 5) is 24.0. The number of hydrogen-bond donors (Lipinski definition) is 2. The molecule has 0 rings (SSSR count). The minimum atomic E-state index is -1.03. The van der Waals surface area contributed by atoms with Gasteiger partial charge in [-0.3, -0.25) is 14.9 Å². The van der Waals surface area contributed by atoms with Gasteiger partial charge >= 0.3 is 11.9 Å². The molecule has 0 spiro atoms. The van der Waals surface area contributed by atoms with Crippen molar-refractivity contribution in [2.24, 2.45) is 11.1 Å². The van der Waals surface area contributed by atoms with Crippen LogP contribution in [-0.4, -0.2) is 35.9 Å². The maximum Gasteiger partial charge on any atom is 0.324 e. The Morgan fingerprint density at radius 3 is 2.00 bits per heavy atom. The number of rotatable bonds is 8. The molecule has 0 aromatic carbocycles. The molecule has 3 N–H and O–H groups in total. The van der Waals surface area contributed by atoms with Crippen molar-refractivity contribution >= 4 is 11.9 Å². The SMILES string of the molecule is CCNC(C)(C)OC(=O)CC(N)C(=O)OC(C)(C)CC(C)(C)C. The van der Waals surface area contributed by atoms with Crippen LogP contribution >= 0.6 is 0 Å². The van der Waals surface area contributed by atoms with Crippen LogP contribution in [0.2, 0.25) is 0 Å². The summed E-state index contributed by atoms with van der Waals surface area (Å²) in [6.45, 7) is 16.0. The van der Waals surface area contributed by atoms with Gasteiger partial charge in [-0.1, -0.05) is 27.7 Å². The fraction of sp³-hybridized carbons (Fsp3) is 0.882.